The van der Waals surface area contributed by atoms with E-state index in [2.05, 4.69) is 22.2 Å². The first-order valence-electron chi connectivity index (χ1n) is 9.45. The van der Waals surface area contributed by atoms with Crippen molar-refractivity contribution in [2.24, 2.45) is 0 Å². The van der Waals surface area contributed by atoms with E-state index in [-0.39, 0.29) is 5.91 Å². The SMILES string of the molecule is CCc1c(C(=O)NCCN2CCCCC2C)cnn1-c1cccc(Cl)c1. The van der Waals surface area contributed by atoms with Crippen molar-refractivity contribution >= 4 is 17.5 Å². The predicted molar refractivity (Wildman–Crippen MR) is 105 cm³/mol. The van der Waals surface area contributed by atoms with Crippen LogP contribution in [0.25, 0.3) is 5.69 Å². The van der Waals surface area contributed by atoms with Crippen molar-refractivity contribution < 1.29 is 4.79 Å². The van der Waals surface area contributed by atoms with Gasteiger partial charge < -0.3 is 5.32 Å². The molecular weight excluding hydrogens is 348 g/mol. The highest BCUT2D eigenvalue weighted by molar-refractivity contribution is 6.30. The third-order valence-corrected chi connectivity index (χ3v) is 5.36. The van der Waals surface area contributed by atoms with Crippen LogP contribution in [-0.4, -0.2) is 46.3 Å². The molecule has 1 saturated heterocycles. The smallest absolute Gasteiger partial charge is 0.254 e. The predicted octanol–water partition coefficient (Wildman–Crippen LogP) is 3.69. The molecule has 1 aromatic carbocycles. The number of hydrogen-bond donors (Lipinski definition) is 1. The van der Waals surface area contributed by atoms with Crippen molar-refractivity contribution in [3.05, 3.63) is 46.7 Å². The molecule has 1 aromatic heterocycles. The Morgan fingerprint density at radius 2 is 2.23 bits per heavy atom. The number of halogens is 1. The summed E-state index contributed by atoms with van der Waals surface area (Å²) in [5, 5.41) is 8.13. The molecule has 1 fully saturated rings. The quantitative estimate of drug-likeness (QED) is 0.838. The normalized spacial score (nSPS) is 18.0. The summed E-state index contributed by atoms with van der Waals surface area (Å²) in [4.78, 5) is 15.1. The van der Waals surface area contributed by atoms with Gasteiger partial charge in [-0.25, -0.2) is 4.68 Å². The minimum Gasteiger partial charge on any atom is -0.351 e. The van der Waals surface area contributed by atoms with Crippen LogP contribution in [0.15, 0.2) is 30.5 Å². The number of nitrogens with zero attached hydrogens (tertiary/aromatic N) is 3. The molecule has 0 bridgehead atoms. The Labute approximate surface area is 160 Å². The molecule has 1 atom stereocenters. The highest BCUT2D eigenvalue weighted by Gasteiger charge is 2.20. The largest absolute Gasteiger partial charge is 0.351 e. The first-order valence-corrected chi connectivity index (χ1v) is 9.83. The summed E-state index contributed by atoms with van der Waals surface area (Å²) in [6, 6.07) is 8.12. The zero-order valence-corrected chi connectivity index (χ0v) is 16.3. The van der Waals surface area contributed by atoms with Crippen LogP contribution >= 0.6 is 11.6 Å². The highest BCUT2D eigenvalue weighted by Crippen LogP contribution is 2.19. The van der Waals surface area contributed by atoms with Crippen LogP contribution in [0.1, 0.15) is 49.2 Å². The van der Waals surface area contributed by atoms with Crippen molar-refractivity contribution in [3.63, 3.8) is 0 Å². The molecule has 1 unspecified atom stereocenters. The van der Waals surface area contributed by atoms with Crippen LogP contribution in [-0.2, 0) is 6.42 Å². The number of hydrogen-bond acceptors (Lipinski definition) is 3. The molecule has 0 spiro atoms. The van der Waals surface area contributed by atoms with E-state index < -0.39 is 0 Å². The Kier molecular flexibility index (Phi) is 6.33. The van der Waals surface area contributed by atoms with Gasteiger partial charge >= 0.3 is 0 Å². The van der Waals surface area contributed by atoms with Crippen LogP contribution in [0.4, 0.5) is 0 Å². The van der Waals surface area contributed by atoms with Crippen LogP contribution in [0.2, 0.25) is 5.02 Å². The first-order chi connectivity index (χ1) is 12.6. The molecule has 1 aliphatic rings. The van der Waals surface area contributed by atoms with Gasteiger partial charge in [-0.05, 0) is 50.9 Å². The van der Waals surface area contributed by atoms with Crippen molar-refractivity contribution in [1.29, 1.82) is 0 Å². The molecule has 5 nitrogen and oxygen atoms in total. The summed E-state index contributed by atoms with van der Waals surface area (Å²) >= 11 is 6.09. The summed E-state index contributed by atoms with van der Waals surface area (Å²) in [6.07, 6.45) is 6.19. The Morgan fingerprint density at radius 3 is 2.96 bits per heavy atom. The summed E-state index contributed by atoms with van der Waals surface area (Å²) in [6.45, 7) is 6.99. The maximum Gasteiger partial charge on any atom is 0.254 e. The van der Waals surface area contributed by atoms with Gasteiger partial charge in [-0.15, -0.1) is 0 Å². The van der Waals surface area contributed by atoms with Crippen LogP contribution in [0.3, 0.4) is 0 Å². The molecule has 2 aromatic rings. The number of nitrogens with one attached hydrogen (secondary N) is 1. The molecular formula is C20H27ClN4O. The first kappa shape index (κ1) is 18.9. The van der Waals surface area contributed by atoms with Gasteiger partial charge in [0.2, 0.25) is 0 Å². The Morgan fingerprint density at radius 1 is 1.38 bits per heavy atom. The van der Waals surface area contributed by atoms with Gasteiger partial charge in [0, 0.05) is 24.2 Å². The summed E-state index contributed by atoms with van der Waals surface area (Å²) in [5.41, 5.74) is 2.41. The molecule has 1 aliphatic heterocycles. The standard InChI is InChI=1S/C20H27ClN4O/c1-3-19-18(14-23-25(19)17-9-6-8-16(21)13-17)20(26)22-10-12-24-11-5-4-7-15(24)2/h6,8-9,13-15H,3-5,7,10-12H2,1-2H3,(H,22,26). The molecule has 26 heavy (non-hydrogen) atoms. The van der Waals surface area contributed by atoms with Gasteiger partial charge in [0.25, 0.3) is 5.91 Å². The topological polar surface area (TPSA) is 50.2 Å². The molecule has 0 radical (unpaired) electrons. The zero-order chi connectivity index (χ0) is 18.5. The van der Waals surface area contributed by atoms with Gasteiger partial charge in [0.1, 0.15) is 0 Å². The number of carbonyl (C=O) groups is 1. The second kappa shape index (κ2) is 8.69. The van der Waals surface area contributed by atoms with Gasteiger partial charge in [-0.2, -0.15) is 5.10 Å². The Balaban J connectivity index is 1.66. The minimum absolute atomic E-state index is 0.0557. The average Bonchev–Trinajstić information content (AvgIpc) is 3.07. The van der Waals surface area contributed by atoms with Gasteiger partial charge in [-0.1, -0.05) is 31.0 Å². The third kappa shape index (κ3) is 4.27. The van der Waals surface area contributed by atoms with E-state index in [1.54, 1.807) is 10.9 Å². The van der Waals surface area contributed by atoms with Crippen molar-refractivity contribution in [3.8, 4) is 5.69 Å². The monoisotopic (exact) mass is 374 g/mol. The van der Waals surface area contributed by atoms with E-state index in [1.807, 2.05) is 31.2 Å². The van der Waals surface area contributed by atoms with Crippen molar-refractivity contribution in [1.82, 2.24) is 20.0 Å². The third-order valence-electron chi connectivity index (χ3n) is 5.13. The minimum atomic E-state index is -0.0557. The lowest BCUT2D eigenvalue weighted by Crippen LogP contribution is -2.42. The molecule has 1 N–H and O–H groups in total. The number of likely N-dealkylation sites (tertiary alicyclic amines) is 1. The lowest BCUT2D eigenvalue weighted by atomic mass is 10.0. The van der Waals surface area contributed by atoms with E-state index in [4.69, 9.17) is 11.6 Å². The second-order valence-corrected chi connectivity index (χ2v) is 7.32. The van der Waals surface area contributed by atoms with Gasteiger partial charge in [-0.3, -0.25) is 9.69 Å². The summed E-state index contributed by atoms with van der Waals surface area (Å²) < 4.78 is 1.80. The molecule has 1 amide bonds. The molecule has 0 aliphatic carbocycles. The van der Waals surface area contributed by atoms with E-state index in [9.17, 15) is 4.79 Å². The summed E-state index contributed by atoms with van der Waals surface area (Å²) in [7, 11) is 0. The molecule has 3 rings (SSSR count). The fourth-order valence-corrected chi connectivity index (χ4v) is 3.82. The van der Waals surface area contributed by atoms with Crippen LogP contribution in [0, 0.1) is 0 Å². The number of rotatable bonds is 6. The lowest BCUT2D eigenvalue weighted by molar-refractivity contribution is 0.0937. The second-order valence-electron chi connectivity index (χ2n) is 6.89. The number of aromatic nitrogens is 2. The van der Waals surface area contributed by atoms with E-state index >= 15 is 0 Å². The van der Waals surface area contributed by atoms with E-state index in [0.29, 0.717) is 23.2 Å². The molecule has 0 saturated carbocycles. The highest BCUT2D eigenvalue weighted by atomic mass is 35.5. The van der Waals surface area contributed by atoms with Gasteiger partial charge in [0.15, 0.2) is 0 Å². The van der Waals surface area contributed by atoms with Gasteiger partial charge in [0.05, 0.1) is 23.1 Å². The van der Waals surface area contributed by atoms with Crippen molar-refractivity contribution in [2.45, 2.75) is 45.6 Å². The Bertz CT molecular complexity index is 758. The molecule has 2 heterocycles. The molecule has 6 heteroatoms. The van der Waals surface area contributed by atoms with E-state index in [1.165, 1.54) is 19.3 Å². The number of carbonyl (C=O) groups excluding carboxylic acids is 1. The van der Waals surface area contributed by atoms with Crippen LogP contribution < -0.4 is 5.32 Å². The number of piperidine rings is 1. The van der Waals surface area contributed by atoms with Crippen LogP contribution in [0.5, 0.6) is 0 Å². The zero-order valence-electron chi connectivity index (χ0n) is 15.5. The summed E-state index contributed by atoms with van der Waals surface area (Å²) in [5.74, 6) is -0.0557. The number of amides is 1. The maximum atomic E-state index is 12.7. The van der Waals surface area contributed by atoms with Crippen molar-refractivity contribution in [2.75, 3.05) is 19.6 Å². The molecule has 140 valence electrons. The number of benzene rings is 1. The van der Waals surface area contributed by atoms with E-state index in [0.717, 1.165) is 30.9 Å². The maximum absolute atomic E-state index is 12.7. The fraction of sp³-hybridized carbons (Fsp3) is 0.500. The average molecular weight is 375 g/mol. The lowest BCUT2D eigenvalue weighted by Gasteiger charge is -2.33. The Hall–Kier alpha value is -1.85. The fourth-order valence-electron chi connectivity index (χ4n) is 3.63.